The van der Waals surface area contributed by atoms with Crippen molar-refractivity contribution in [3.8, 4) is 0 Å². The second-order valence-corrected chi connectivity index (χ2v) is 5.16. The molecule has 0 radical (unpaired) electrons. The number of hydrazine groups is 1. The molecule has 0 bridgehead atoms. The Balaban J connectivity index is 2.14. The van der Waals surface area contributed by atoms with Crippen LogP contribution in [0.5, 0.6) is 0 Å². The van der Waals surface area contributed by atoms with Crippen LogP contribution >= 0.6 is 15.9 Å². The fourth-order valence-corrected chi connectivity index (χ4v) is 2.73. The first-order chi connectivity index (χ1) is 7.31. The van der Waals surface area contributed by atoms with E-state index in [4.69, 9.17) is 5.84 Å². The standard InChI is InChI=1S/C12H17BrN2/c13-11-7-5-10(6-8-11)12(15-14)9-3-1-2-4-9/h5-9,12,15H,1-4,14H2. The molecule has 3 N–H and O–H groups in total. The first kappa shape index (κ1) is 11.1. The summed E-state index contributed by atoms with van der Waals surface area (Å²) in [5, 5.41) is 0. The molecule has 0 spiro atoms. The van der Waals surface area contributed by atoms with E-state index in [0.717, 1.165) is 4.47 Å². The maximum absolute atomic E-state index is 5.66. The van der Waals surface area contributed by atoms with Crippen molar-refractivity contribution in [2.24, 2.45) is 11.8 Å². The van der Waals surface area contributed by atoms with Gasteiger partial charge in [-0.3, -0.25) is 11.3 Å². The number of benzene rings is 1. The Morgan fingerprint density at radius 2 is 1.80 bits per heavy atom. The fraction of sp³-hybridized carbons (Fsp3) is 0.500. The third-order valence-corrected chi connectivity index (χ3v) is 3.81. The quantitative estimate of drug-likeness (QED) is 0.653. The summed E-state index contributed by atoms with van der Waals surface area (Å²) in [5.41, 5.74) is 4.26. The molecular weight excluding hydrogens is 252 g/mol. The number of rotatable bonds is 3. The Morgan fingerprint density at radius 1 is 1.20 bits per heavy atom. The van der Waals surface area contributed by atoms with Crippen LogP contribution in [-0.4, -0.2) is 0 Å². The minimum absolute atomic E-state index is 0.320. The van der Waals surface area contributed by atoms with Crippen molar-refractivity contribution in [1.29, 1.82) is 0 Å². The molecule has 1 aromatic rings. The van der Waals surface area contributed by atoms with Crippen LogP contribution in [0, 0.1) is 5.92 Å². The van der Waals surface area contributed by atoms with Gasteiger partial charge in [-0.1, -0.05) is 40.9 Å². The van der Waals surface area contributed by atoms with Crippen LogP contribution in [-0.2, 0) is 0 Å². The summed E-state index contributed by atoms with van der Waals surface area (Å²) < 4.78 is 1.12. The van der Waals surface area contributed by atoms with Crippen LogP contribution in [0.2, 0.25) is 0 Å². The van der Waals surface area contributed by atoms with Crippen molar-refractivity contribution >= 4 is 15.9 Å². The molecule has 1 unspecified atom stereocenters. The van der Waals surface area contributed by atoms with Gasteiger partial charge >= 0.3 is 0 Å². The monoisotopic (exact) mass is 268 g/mol. The van der Waals surface area contributed by atoms with Gasteiger partial charge in [-0.2, -0.15) is 0 Å². The Hall–Kier alpha value is -0.380. The van der Waals surface area contributed by atoms with E-state index in [1.807, 2.05) is 0 Å². The molecule has 15 heavy (non-hydrogen) atoms. The second-order valence-electron chi connectivity index (χ2n) is 4.24. The van der Waals surface area contributed by atoms with Gasteiger partial charge in [-0.25, -0.2) is 0 Å². The van der Waals surface area contributed by atoms with Gasteiger partial charge in [0.25, 0.3) is 0 Å². The van der Waals surface area contributed by atoms with E-state index in [-0.39, 0.29) is 0 Å². The normalized spacial score (nSPS) is 19.3. The number of nitrogens with two attached hydrogens (primary N) is 1. The molecule has 1 aliphatic carbocycles. The molecule has 1 atom stereocenters. The zero-order chi connectivity index (χ0) is 10.7. The summed E-state index contributed by atoms with van der Waals surface area (Å²) >= 11 is 3.45. The van der Waals surface area contributed by atoms with E-state index in [0.29, 0.717) is 12.0 Å². The van der Waals surface area contributed by atoms with Gasteiger partial charge in [-0.05, 0) is 36.5 Å². The Bertz CT molecular complexity index is 304. The van der Waals surface area contributed by atoms with Gasteiger partial charge in [0.15, 0.2) is 0 Å². The van der Waals surface area contributed by atoms with Gasteiger partial charge in [0.1, 0.15) is 0 Å². The molecule has 3 heteroatoms. The number of hydrogen-bond donors (Lipinski definition) is 2. The highest BCUT2D eigenvalue weighted by atomic mass is 79.9. The predicted molar refractivity (Wildman–Crippen MR) is 66.2 cm³/mol. The molecule has 1 saturated carbocycles. The molecule has 1 fully saturated rings. The van der Waals surface area contributed by atoms with Gasteiger partial charge < -0.3 is 0 Å². The van der Waals surface area contributed by atoms with Crippen molar-refractivity contribution in [3.63, 3.8) is 0 Å². The average Bonchev–Trinajstić information content (AvgIpc) is 2.75. The van der Waals surface area contributed by atoms with E-state index in [2.05, 4.69) is 45.6 Å². The topological polar surface area (TPSA) is 38.0 Å². The van der Waals surface area contributed by atoms with Gasteiger partial charge in [0, 0.05) is 10.5 Å². The third kappa shape index (κ3) is 2.60. The van der Waals surface area contributed by atoms with Crippen LogP contribution in [0.4, 0.5) is 0 Å². The van der Waals surface area contributed by atoms with Crippen LogP contribution in [0.3, 0.4) is 0 Å². The number of nitrogens with one attached hydrogen (secondary N) is 1. The van der Waals surface area contributed by atoms with Crippen LogP contribution in [0.15, 0.2) is 28.7 Å². The van der Waals surface area contributed by atoms with Crippen LogP contribution in [0.1, 0.15) is 37.3 Å². The lowest BCUT2D eigenvalue weighted by atomic mass is 9.92. The predicted octanol–water partition coefficient (Wildman–Crippen LogP) is 3.14. The minimum Gasteiger partial charge on any atom is -0.271 e. The van der Waals surface area contributed by atoms with E-state index >= 15 is 0 Å². The third-order valence-electron chi connectivity index (χ3n) is 3.28. The molecule has 0 saturated heterocycles. The van der Waals surface area contributed by atoms with Crippen molar-refractivity contribution in [1.82, 2.24) is 5.43 Å². The zero-order valence-electron chi connectivity index (χ0n) is 8.75. The molecule has 0 amide bonds. The van der Waals surface area contributed by atoms with Crippen molar-refractivity contribution < 1.29 is 0 Å². The Morgan fingerprint density at radius 3 is 2.33 bits per heavy atom. The number of halogens is 1. The number of hydrogen-bond acceptors (Lipinski definition) is 2. The second kappa shape index (κ2) is 5.10. The highest BCUT2D eigenvalue weighted by Gasteiger charge is 2.25. The largest absolute Gasteiger partial charge is 0.271 e. The summed E-state index contributed by atoms with van der Waals surface area (Å²) in [4.78, 5) is 0. The molecule has 0 aromatic heterocycles. The van der Waals surface area contributed by atoms with E-state index in [9.17, 15) is 0 Å². The van der Waals surface area contributed by atoms with Crippen molar-refractivity contribution in [2.75, 3.05) is 0 Å². The maximum Gasteiger partial charge on any atom is 0.0488 e. The van der Waals surface area contributed by atoms with Crippen LogP contribution in [0.25, 0.3) is 0 Å². The summed E-state index contributed by atoms with van der Waals surface area (Å²) in [6.45, 7) is 0. The van der Waals surface area contributed by atoms with Crippen LogP contribution < -0.4 is 11.3 Å². The average molecular weight is 269 g/mol. The fourth-order valence-electron chi connectivity index (χ4n) is 2.47. The first-order valence-electron chi connectivity index (χ1n) is 5.53. The first-order valence-corrected chi connectivity index (χ1v) is 6.32. The minimum atomic E-state index is 0.320. The Labute approximate surface area is 99.3 Å². The molecule has 2 rings (SSSR count). The van der Waals surface area contributed by atoms with Gasteiger partial charge in [0.05, 0.1) is 0 Å². The van der Waals surface area contributed by atoms with E-state index in [1.54, 1.807) is 0 Å². The highest BCUT2D eigenvalue weighted by molar-refractivity contribution is 9.10. The molecule has 1 aliphatic rings. The smallest absolute Gasteiger partial charge is 0.0488 e. The van der Waals surface area contributed by atoms with Gasteiger partial charge in [0.2, 0.25) is 0 Å². The van der Waals surface area contributed by atoms with Crippen molar-refractivity contribution in [2.45, 2.75) is 31.7 Å². The lowest BCUT2D eigenvalue weighted by Gasteiger charge is -2.22. The molecular formula is C12H17BrN2. The van der Waals surface area contributed by atoms with E-state index < -0.39 is 0 Å². The van der Waals surface area contributed by atoms with E-state index in [1.165, 1.54) is 31.2 Å². The molecule has 1 aromatic carbocycles. The molecule has 0 aliphatic heterocycles. The summed E-state index contributed by atoms with van der Waals surface area (Å²) in [5.74, 6) is 6.37. The summed E-state index contributed by atoms with van der Waals surface area (Å²) in [6, 6.07) is 8.77. The maximum atomic E-state index is 5.66. The van der Waals surface area contributed by atoms with Gasteiger partial charge in [-0.15, -0.1) is 0 Å². The lowest BCUT2D eigenvalue weighted by molar-refractivity contribution is 0.373. The Kier molecular flexibility index (Phi) is 3.78. The SMILES string of the molecule is NNC(c1ccc(Br)cc1)C1CCCC1. The molecule has 2 nitrogen and oxygen atoms in total. The molecule has 82 valence electrons. The summed E-state index contributed by atoms with van der Waals surface area (Å²) in [7, 11) is 0. The van der Waals surface area contributed by atoms with Crippen molar-refractivity contribution in [3.05, 3.63) is 34.3 Å². The summed E-state index contributed by atoms with van der Waals surface area (Å²) in [6.07, 6.45) is 5.29. The highest BCUT2D eigenvalue weighted by Crippen LogP contribution is 2.35. The molecule has 0 heterocycles. The lowest BCUT2D eigenvalue weighted by Crippen LogP contribution is -2.32. The zero-order valence-corrected chi connectivity index (χ0v) is 10.3.